The fourth-order valence-electron chi connectivity index (χ4n) is 2.22. The lowest BCUT2D eigenvalue weighted by Gasteiger charge is -2.14. The van der Waals surface area contributed by atoms with Crippen LogP contribution >= 0.6 is 0 Å². The van der Waals surface area contributed by atoms with Crippen LogP contribution in [0.25, 0.3) is 0 Å². The average molecular weight is 344 g/mol. The Kier molecular flexibility index (Phi) is 5.95. The van der Waals surface area contributed by atoms with Crippen LogP contribution in [-0.2, 0) is 9.53 Å². The SMILES string of the molecule is C#CCCC1(CCC(=O)NNc2ccc(C(=O)OC)cc2OC)N=N1. The van der Waals surface area contributed by atoms with Crippen molar-refractivity contribution in [1.29, 1.82) is 0 Å². The number of nitrogens with zero attached hydrogens (tertiary/aromatic N) is 2. The van der Waals surface area contributed by atoms with Gasteiger partial charge in [-0.1, -0.05) is 0 Å². The van der Waals surface area contributed by atoms with Crippen molar-refractivity contribution in [3.8, 4) is 18.1 Å². The number of benzene rings is 1. The molecule has 2 N–H and O–H groups in total. The molecule has 2 rings (SSSR count). The maximum Gasteiger partial charge on any atom is 0.337 e. The Balaban J connectivity index is 1.85. The summed E-state index contributed by atoms with van der Waals surface area (Å²) in [6, 6.07) is 4.71. The number of hydrogen-bond donors (Lipinski definition) is 2. The Morgan fingerprint density at radius 2 is 2.04 bits per heavy atom. The van der Waals surface area contributed by atoms with Gasteiger partial charge in [0.15, 0.2) is 5.66 Å². The number of rotatable bonds is 9. The van der Waals surface area contributed by atoms with Crippen LogP contribution < -0.4 is 15.6 Å². The molecule has 0 spiro atoms. The zero-order valence-electron chi connectivity index (χ0n) is 14.2. The highest BCUT2D eigenvalue weighted by Crippen LogP contribution is 2.37. The number of terminal acetylenes is 1. The average Bonchev–Trinajstić information content (AvgIpc) is 3.42. The molecule has 8 nitrogen and oxygen atoms in total. The van der Waals surface area contributed by atoms with Crippen molar-refractivity contribution in [3.63, 3.8) is 0 Å². The van der Waals surface area contributed by atoms with E-state index in [0.717, 1.165) is 0 Å². The summed E-state index contributed by atoms with van der Waals surface area (Å²) in [6.07, 6.45) is 7.24. The summed E-state index contributed by atoms with van der Waals surface area (Å²) in [5.41, 5.74) is 5.75. The maximum absolute atomic E-state index is 12.0. The first-order valence-corrected chi connectivity index (χ1v) is 7.72. The lowest BCUT2D eigenvalue weighted by atomic mass is 10.0. The number of ether oxygens (including phenoxy) is 2. The summed E-state index contributed by atoms with van der Waals surface area (Å²) in [4.78, 5) is 23.5. The molecular formula is C17H20N4O4. The highest BCUT2D eigenvalue weighted by molar-refractivity contribution is 5.90. The van der Waals surface area contributed by atoms with Crippen molar-refractivity contribution in [3.05, 3.63) is 23.8 Å². The summed E-state index contributed by atoms with van der Waals surface area (Å²) >= 11 is 0. The number of amides is 1. The zero-order valence-corrected chi connectivity index (χ0v) is 14.2. The highest BCUT2D eigenvalue weighted by Gasteiger charge is 2.39. The molecule has 1 amide bonds. The Morgan fingerprint density at radius 3 is 2.64 bits per heavy atom. The maximum atomic E-state index is 12.0. The molecule has 0 saturated carbocycles. The van der Waals surface area contributed by atoms with Crippen LogP contribution in [-0.4, -0.2) is 31.8 Å². The Morgan fingerprint density at radius 1 is 1.28 bits per heavy atom. The van der Waals surface area contributed by atoms with Crippen LogP contribution in [0.5, 0.6) is 5.75 Å². The Hall–Kier alpha value is -3.08. The van der Waals surface area contributed by atoms with Gasteiger partial charge < -0.3 is 9.47 Å². The largest absolute Gasteiger partial charge is 0.494 e. The summed E-state index contributed by atoms with van der Waals surface area (Å²) in [7, 11) is 2.77. The zero-order chi connectivity index (χ0) is 18.3. The summed E-state index contributed by atoms with van der Waals surface area (Å²) in [5, 5.41) is 7.98. The second kappa shape index (κ2) is 8.15. The van der Waals surface area contributed by atoms with Gasteiger partial charge in [0.1, 0.15) is 5.75 Å². The summed E-state index contributed by atoms with van der Waals surface area (Å²) in [6.45, 7) is 0. The third-order valence-electron chi connectivity index (χ3n) is 3.76. The second-order valence-corrected chi connectivity index (χ2v) is 5.47. The normalized spacial score (nSPS) is 13.5. The molecule has 132 valence electrons. The minimum Gasteiger partial charge on any atom is -0.494 e. The van der Waals surface area contributed by atoms with Gasteiger partial charge in [-0.2, -0.15) is 10.2 Å². The molecule has 0 saturated heterocycles. The van der Waals surface area contributed by atoms with E-state index in [4.69, 9.17) is 11.2 Å². The van der Waals surface area contributed by atoms with Gasteiger partial charge in [-0.25, -0.2) is 4.79 Å². The fraction of sp³-hybridized carbons (Fsp3) is 0.412. The van der Waals surface area contributed by atoms with E-state index in [0.29, 0.717) is 36.3 Å². The molecule has 0 atom stereocenters. The van der Waals surface area contributed by atoms with Crippen LogP contribution in [0.3, 0.4) is 0 Å². The fourth-order valence-corrected chi connectivity index (χ4v) is 2.22. The van der Waals surface area contributed by atoms with Crippen LogP contribution in [0.1, 0.15) is 36.0 Å². The van der Waals surface area contributed by atoms with Crippen molar-refractivity contribution in [2.75, 3.05) is 19.6 Å². The van der Waals surface area contributed by atoms with Crippen molar-refractivity contribution in [2.45, 2.75) is 31.3 Å². The summed E-state index contributed by atoms with van der Waals surface area (Å²) in [5.74, 6) is 2.27. The molecule has 0 bridgehead atoms. The van der Waals surface area contributed by atoms with Crippen molar-refractivity contribution in [1.82, 2.24) is 5.43 Å². The van der Waals surface area contributed by atoms with Gasteiger partial charge in [0.05, 0.1) is 25.5 Å². The first kappa shape index (κ1) is 18.3. The number of anilines is 1. The molecule has 1 aliphatic heterocycles. The monoisotopic (exact) mass is 344 g/mol. The molecule has 1 heterocycles. The number of carbonyl (C=O) groups excluding carboxylic acids is 2. The number of nitrogens with one attached hydrogen (secondary N) is 2. The molecule has 0 radical (unpaired) electrons. The number of carbonyl (C=O) groups is 2. The van der Waals surface area contributed by atoms with E-state index in [1.54, 1.807) is 12.1 Å². The molecule has 0 fully saturated rings. The Bertz CT molecular complexity index is 718. The Labute approximate surface area is 146 Å². The first-order chi connectivity index (χ1) is 12.0. The lowest BCUT2D eigenvalue weighted by Crippen LogP contribution is -2.30. The molecule has 1 aliphatic rings. The minimum atomic E-state index is -0.483. The van der Waals surface area contributed by atoms with Crippen molar-refractivity contribution in [2.24, 2.45) is 10.2 Å². The predicted octanol–water partition coefficient (Wildman–Crippen LogP) is 2.28. The van der Waals surface area contributed by atoms with Gasteiger partial charge in [-0.05, 0) is 18.2 Å². The highest BCUT2D eigenvalue weighted by atomic mass is 16.5. The second-order valence-electron chi connectivity index (χ2n) is 5.47. The molecule has 1 aromatic rings. The van der Waals surface area contributed by atoms with E-state index < -0.39 is 11.6 Å². The van der Waals surface area contributed by atoms with Crippen LogP contribution in [0.4, 0.5) is 5.69 Å². The van der Waals surface area contributed by atoms with E-state index in [9.17, 15) is 9.59 Å². The number of hydrogen-bond acceptors (Lipinski definition) is 7. The smallest absolute Gasteiger partial charge is 0.337 e. The quantitative estimate of drug-likeness (QED) is 0.406. The molecule has 1 aromatic carbocycles. The molecule has 0 aromatic heterocycles. The van der Waals surface area contributed by atoms with Crippen LogP contribution in [0.15, 0.2) is 28.4 Å². The minimum absolute atomic E-state index is 0.212. The summed E-state index contributed by atoms with van der Waals surface area (Å²) < 4.78 is 9.87. The molecule has 25 heavy (non-hydrogen) atoms. The third kappa shape index (κ3) is 4.94. The van der Waals surface area contributed by atoms with Gasteiger partial charge in [0.25, 0.3) is 0 Å². The van der Waals surface area contributed by atoms with E-state index in [1.165, 1.54) is 20.3 Å². The van der Waals surface area contributed by atoms with E-state index in [1.807, 2.05) is 0 Å². The standard InChI is InChI=1S/C17H20N4O4/c1-4-5-9-17(20-21-17)10-8-15(22)19-18-13-7-6-12(16(23)25-3)11-14(13)24-2/h1,6-7,11,18H,5,8-10H2,2-3H3,(H,19,22). The van der Waals surface area contributed by atoms with E-state index in [-0.39, 0.29) is 12.3 Å². The number of methoxy groups -OCH3 is 2. The molecular weight excluding hydrogens is 324 g/mol. The van der Waals surface area contributed by atoms with E-state index >= 15 is 0 Å². The van der Waals surface area contributed by atoms with Gasteiger partial charge in [0, 0.05) is 25.7 Å². The molecule has 0 unspecified atom stereocenters. The van der Waals surface area contributed by atoms with Crippen molar-refractivity contribution >= 4 is 17.6 Å². The van der Waals surface area contributed by atoms with Gasteiger partial charge in [-0.15, -0.1) is 12.3 Å². The molecule has 8 heteroatoms. The van der Waals surface area contributed by atoms with Crippen LogP contribution in [0, 0.1) is 12.3 Å². The van der Waals surface area contributed by atoms with Gasteiger partial charge in [-0.3, -0.25) is 15.6 Å². The third-order valence-corrected chi connectivity index (χ3v) is 3.76. The number of esters is 1. The predicted molar refractivity (Wildman–Crippen MR) is 91.0 cm³/mol. The van der Waals surface area contributed by atoms with Crippen molar-refractivity contribution < 1.29 is 19.1 Å². The van der Waals surface area contributed by atoms with E-state index in [2.05, 4.69) is 31.7 Å². The first-order valence-electron chi connectivity index (χ1n) is 7.72. The lowest BCUT2D eigenvalue weighted by molar-refractivity contribution is -0.120. The number of hydrazine groups is 1. The van der Waals surface area contributed by atoms with Gasteiger partial charge >= 0.3 is 5.97 Å². The topological polar surface area (TPSA) is 101 Å². The molecule has 0 aliphatic carbocycles. The van der Waals surface area contributed by atoms with Crippen LogP contribution in [0.2, 0.25) is 0 Å². The van der Waals surface area contributed by atoms with Gasteiger partial charge in [0.2, 0.25) is 5.91 Å².